The van der Waals surface area contributed by atoms with E-state index in [0.29, 0.717) is 18.3 Å². The number of hydrogen-bond acceptors (Lipinski definition) is 7. The third-order valence-electron chi connectivity index (χ3n) is 4.52. The van der Waals surface area contributed by atoms with Crippen LogP contribution in [0, 0.1) is 5.92 Å². The first-order valence-electron chi connectivity index (χ1n) is 9.03. The fourth-order valence-electron chi connectivity index (χ4n) is 2.84. The van der Waals surface area contributed by atoms with Gasteiger partial charge in [0.2, 0.25) is 18.5 Å². The molecule has 2 aromatic heterocycles. The SMILES string of the molecule is O=C(NCc1ccc(-c2noc(/C=C/c3ccc4c(c3)OCO4)n2)s1)C1CC1. The van der Waals surface area contributed by atoms with Crippen LogP contribution in [-0.4, -0.2) is 22.8 Å². The van der Waals surface area contributed by atoms with Gasteiger partial charge in [0.05, 0.1) is 11.4 Å². The van der Waals surface area contributed by atoms with Crippen molar-refractivity contribution in [3.8, 4) is 22.2 Å². The van der Waals surface area contributed by atoms with Crippen molar-refractivity contribution in [2.24, 2.45) is 5.92 Å². The minimum atomic E-state index is 0.144. The number of carbonyl (C=O) groups excluding carboxylic acids is 1. The molecule has 0 radical (unpaired) electrons. The third-order valence-corrected chi connectivity index (χ3v) is 5.60. The molecule has 0 unspecified atom stereocenters. The molecule has 7 nitrogen and oxygen atoms in total. The van der Waals surface area contributed by atoms with Crippen LogP contribution in [0.1, 0.15) is 29.2 Å². The number of ether oxygens (including phenoxy) is 2. The molecule has 142 valence electrons. The molecule has 1 saturated carbocycles. The van der Waals surface area contributed by atoms with Crippen LogP contribution in [0.15, 0.2) is 34.9 Å². The first kappa shape index (κ1) is 17.0. The number of amides is 1. The number of fused-ring (bicyclic) bond motifs is 1. The lowest BCUT2D eigenvalue weighted by atomic mass is 10.2. The Kier molecular flexibility index (Phi) is 4.32. The van der Waals surface area contributed by atoms with Crippen molar-refractivity contribution in [3.05, 3.63) is 46.7 Å². The Bertz CT molecular complexity index is 1050. The van der Waals surface area contributed by atoms with Crippen molar-refractivity contribution in [3.63, 3.8) is 0 Å². The number of nitrogens with zero attached hydrogens (tertiary/aromatic N) is 2. The zero-order valence-electron chi connectivity index (χ0n) is 14.9. The highest BCUT2D eigenvalue weighted by Gasteiger charge is 2.29. The van der Waals surface area contributed by atoms with Crippen LogP contribution in [-0.2, 0) is 11.3 Å². The second-order valence-electron chi connectivity index (χ2n) is 6.66. The third kappa shape index (κ3) is 3.63. The first-order chi connectivity index (χ1) is 13.7. The van der Waals surface area contributed by atoms with E-state index in [9.17, 15) is 4.79 Å². The van der Waals surface area contributed by atoms with E-state index in [4.69, 9.17) is 14.0 Å². The van der Waals surface area contributed by atoms with Crippen LogP contribution in [0.3, 0.4) is 0 Å². The highest BCUT2D eigenvalue weighted by atomic mass is 32.1. The quantitative estimate of drug-likeness (QED) is 0.684. The lowest BCUT2D eigenvalue weighted by Crippen LogP contribution is -2.23. The number of carbonyl (C=O) groups is 1. The maximum Gasteiger partial charge on any atom is 0.250 e. The molecule has 1 aliphatic carbocycles. The topological polar surface area (TPSA) is 86.5 Å². The number of rotatable bonds is 6. The summed E-state index contributed by atoms with van der Waals surface area (Å²) in [7, 11) is 0. The Morgan fingerprint density at radius 2 is 2.07 bits per heavy atom. The summed E-state index contributed by atoms with van der Waals surface area (Å²) in [6, 6.07) is 9.63. The molecule has 28 heavy (non-hydrogen) atoms. The monoisotopic (exact) mass is 395 g/mol. The minimum absolute atomic E-state index is 0.144. The van der Waals surface area contributed by atoms with Gasteiger partial charge in [0.15, 0.2) is 11.5 Å². The molecule has 2 aliphatic rings. The van der Waals surface area contributed by atoms with E-state index in [1.165, 1.54) is 0 Å². The summed E-state index contributed by atoms with van der Waals surface area (Å²) in [6.45, 7) is 0.789. The first-order valence-corrected chi connectivity index (χ1v) is 9.84. The number of thiophene rings is 1. The van der Waals surface area contributed by atoms with Crippen molar-refractivity contribution in [2.75, 3.05) is 6.79 Å². The molecule has 5 rings (SSSR count). The molecule has 0 bridgehead atoms. The zero-order chi connectivity index (χ0) is 18.9. The molecule has 1 aliphatic heterocycles. The molecule has 1 N–H and O–H groups in total. The predicted octanol–water partition coefficient (Wildman–Crippen LogP) is 3.72. The number of benzene rings is 1. The molecule has 3 heterocycles. The van der Waals surface area contributed by atoms with Crippen molar-refractivity contribution in [1.29, 1.82) is 0 Å². The van der Waals surface area contributed by atoms with E-state index >= 15 is 0 Å². The van der Waals surface area contributed by atoms with Crippen molar-refractivity contribution < 1.29 is 18.8 Å². The molecule has 1 fully saturated rings. The highest BCUT2D eigenvalue weighted by Crippen LogP contribution is 2.33. The Balaban J connectivity index is 1.24. The van der Waals surface area contributed by atoms with Crippen LogP contribution in [0.5, 0.6) is 11.5 Å². The summed E-state index contributed by atoms with van der Waals surface area (Å²) in [5, 5.41) is 7.01. The summed E-state index contributed by atoms with van der Waals surface area (Å²) in [5.74, 6) is 2.80. The van der Waals surface area contributed by atoms with Crippen LogP contribution >= 0.6 is 11.3 Å². The normalized spacial score (nSPS) is 15.3. The molecule has 1 amide bonds. The van der Waals surface area contributed by atoms with Gasteiger partial charge in [-0.05, 0) is 48.7 Å². The molecule has 0 saturated heterocycles. The van der Waals surface area contributed by atoms with E-state index in [1.807, 2.05) is 36.4 Å². The predicted molar refractivity (Wildman–Crippen MR) is 104 cm³/mol. The van der Waals surface area contributed by atoms with Crippen molar-refractivity contribution in [1.82, 2.24) is 15.5 Å². The van der Waals surface area contributed by atoms with E-state index in [1.54, 1.807) is 17.4 Å². The van der Waals surface area contributed by atoms with Gasteiger partial charge in [0, 0.05) is 16.9 Å². The lowest BCUT2D eigenvalue weighted by molar-refractivity contribution is -0.122. The van der Waals surface area contributed by atoms with E-state index in [2.05, 4.69) is 15.5 Å². The van der Waals surface area contributed by atoms with Crippen LogP contribution < -0.4 is 14.8 Å². The average molecular weight is 395 g/mol. The van der Waals surface area contributed by atoms with Gasteiger partial charge in [-0.25, -0.2) is 0 Å². The molecule has 1 aromatic carbocycles. The molecular formula is C20H17N3O4S. The number of hydrogen-bond donors (Lipinski definition) is 1. The minimum Gasteiger partial charge on any atom is -0.454 e. The zero-order valence-corrected chi connectivity index (χ0v) is 15.7. The van der Waals surface area contributed by atoms with E-state index in [-0.39, 0.29) is 18.6 Å². The molecule has 8 heteroatoms. The smallest absolute Gasteiger partial charge is 0.250 e. The van der Waals surface area contributed by atoms with Gasteiger partial charge in [-0.1, -0.05) is 11.2 Å². The second kappa shape index (κ2) is 7.12. The van der Waals surface area contributed by atoms with Crippen LogP contribution in [0.4, 0.5) is 0 Å². The van der Waals surface area contributed by atoms with Gasteiger partial charge in [-0.3, -0.25) is 4.79 Å². The van der Waals surface area contributed by atoms with Gasteiger partial charge in [-0.15, -0.1) is 11.3 Å². The average Bonchev–Trinajstić information content (AvgIpc) is 3.11. The highest BCUT2D eigenvalue weighted by molar-refractivity contribution is 7.15. The van der Waals surface area contributed by atoms with Crippen LogP contribution in [0.2, 0.25) is 0 Å². The summed E-state index contributed by atoms with van der Waals surface area (Å²) < 4.78 is 16.0. The molecular weight excluding hydrogens is 378 g/mol. The van der Waals surface area contributed by atoms with E-state index in [0.717, 1.165) is 39.7 Å². The maximum atomic E-state index is 11.7. The number of aromatic nitrogens is 2. The summed E-state index contributed by atoms with van der Waals surface area (Å²) in [5.41, 5.74) is 0.953. The van der Waals surface area contributed by atoms with Gasteiger partial charge >= 0.3 is 0 Å². The van der Waals surface area contributed by atoms with Gasteiger partial charge < -0.3 is 19.3 Å². The summed E-state index contributed by atoms with van der Waals surface area (Å²) >= 11 is 1.55. The fourth-order valence-corrected chi connectivity index (χ4v) is 3.72. The Morgan fingerprint density at radius 1 is 1.18 bits per heavy atom. The van der Waals surface area contributed by atoms with Gasteiger partial charge in [0.1, 0.15) is 0 Å². The fraction of sp³-hybridized carbons (Fsp3) is 0.250. The lowest BCUT2D eigenvalue weighted by Gasteiger charge is -2.00. The van der Waals surface area contributed by atoms with Crippen molar-refractivity contribution in [2.45, 2.75) is 19.4 Å². The van der Waals surface area contributed by atoms with Crippen LogP contribution in [0.25, 0.3) is 22.9 Å². The molecule has 0 atom stereocenters. The summed E-state index contributed by atoms with van der Waals surface area (Å²) in [6.07, 6.45) is 5.66. The van der Waals surface area contributed by atoms with E-state index < -0.39 is 0 Å². The van der Waals surface area contributed by atoms with Gasteiger partial charge in [0.25, 0.3) is 5.89 Å². The molecule has 0 spiro atoms. The number of nitrogens with one attached hydrogen (secondary N) is 1. The Hall–Kier alpha value is -3.13. The summed E-state index contributed by atoms with van der Waals surface area (Å²) in [4.78, 5) is 18.1. The standard InChI is InChI=1S/C20H17N3O4S/c24-20(13-3-4-13)21-10-14-5-7-17(28-14)19-22-18(27-23-19)8-2-12-1-6-15-16(9-12)26-11-25-15/h1-2,5-9,13H,3-4,10-11H2,(H,21,24)/b8-2+. The molecule has 3 aromatic rings. The largest absolute Gasteiger partial charge is 0.454 e. The Labute approximate surface area is 165 Å². The van der Waals surface area contributed by atoms with Gasteiger partial charge in [-0.2, -0.15) is 4.98 Å². The second-order valence-corrected chi connectivity index (χ2v) is 7.83. The Morgan fingerprint density at radius 3 is 2.96 bits per heavy atom. The van der Waals surface area contributed by atoms with Crippen molar-refractivity contribution >= 4 is 29.4 Å². The maximum absolute atomic E-state index is 11.7.